The van der Waals surface area contributed by atoms with E-state index in [0.29, 0.717) is 0 Å². The first-order valence-corrected chi connectivity index (χ1v) is 9.37. The number of aryl methyl sites for hydroxylation is 2. The molecule has 0 unspecified atom stereocenters. The van der Waals surface area contributed by atoms with Crippen molar-refractivity contribution in [3.05, 3.63) is 66.0 Å². The maximum Gasteiger partial charge on any atom is 0.421 e. The maximum absolute atomic E-state index is 4.67. The van der Waals surface area contributed by atoms with E-state index in [1.54, 1.807) is 0 Å². The molecule has 0 saturated heterocycles. The molecule has 3 aromatic rings. The van der Waals surface area contributed by atoms with Crippen LogP contribution < -0.4 is 25.2 Å². The molecule has 0 aliphatic carbocycles. The van der Waals surface area contributed by atoms with Crippen molar-refractivity contribution in [3.8, 4) is 0 Å². The lowest BCUT2D eigenvalue weighted by Gasteiger charge is -2.24. The molecule has 0 saturated carbocycles. The van der Waals surface area contributed by atoms with E-state index in [4.69, 9.17) is 0 Å². The number of benzene rings is 2. The van der Waals surface area contributed by atoms with Crippen LogP contribution in [-0.2, 0) is 0 Å². The average Bonchev–Trinajstić information content (AvgIpc) is 2.72. The Morgan fingerprint density at radius 3 is 2.04 bits per heavy atom. The Kier molecular flexibility index (Phi) is 5.68. The number of aromatic nitrogens is 2. The molecule has 0 aliphatic rings. The largest absolute Gasteiger partial charge is 0.421 e. The van der Waals surface area contributed by atoms with E-state index >= 15 is 0 Å². The van der Waals surface area contributed by atoms with E-state index < -0.39 is 0 Å². The Labute approximate surface area is 167 Å². The first-order valence-electron chi connectivity index (χ1n) is 9.37. The van der Waals surface area contributed by atoms with Crippen LogP contribution in [0.5, 0.6) is 0 Å². The van der Waals surface area contributed by atoms with Gasteiger partial charge in [0.1, 0.15) is 11.9 Å². The van der Waals surface area contributed by atoms with Crippen LogP contribution in [0.4, 0.5) is 28.7 Å². The van der Waals surface area contributed by atoms with Crippen molar-refractivity contribution >= 4 is 28.7 Å². The Balaban J connectivity index is 2.07. The fraction of sp³-hybridized carbons (Fsp3) is 0.273. The van der Waals surface area contributed by atoms with Crippen LogP contribution in [0.25, 0.3) is 0 Å². The fourth-order valence-electron chi connectivity index (χ4n) is 3.33. The van der Waals surface area contributed by atoms with Gasteiger partial charge in [-0.15, -0.1) is 4.68 Å². The summed E-state index contributed by atoms with van der Waals surface area (Å²) in [6.07, 6.45) is 3.84. The van der Waals surface area contributed by atoms with Crippen LogP contribution in [0, 0.1) is 13.8 Å². The zero-order valence-corrected chi connectivity index (χ0v) is 17.5. The first kappa shape index (κ1) is 19.5. The summed E-state index contributed by atoms with van der Waals surface area (Å²) in [5.41, 5.74) is 6.69. The van der Waals surface area contributed by atoms with Crippen molar-refractivity contribution in [2.24, 2.45) is 0 Å². The summed E-state index contributed by atoms with van der Waals surface area (Å²) in [6, 6.07) is 14.7. The third kappa shape index (κ3) is 3.71. The summed E-state index contributed by atoms with van der Waals surface area (Å²) in [6.45, 7) is 4.19. The summed E-state index contributed by atoms with van der Waals surface area (Å²) in [4.78, 5) is 6.76. The van der Waals surface area contributed by atoms with Gasteiger partial charge < -0.3 is 10.6 Å². The lowest BCUT2D eigenvalue weighted by atomic mass is 10.2. The monoisotopic (exact) mass is 377 g/mol. The van der Waals surface area contributed by atoms with Crippen molar-refractivity contribution in [1.29, 1.82) is 0 Å². The first-order chi connectivity index (χ1) is 13.5. The van der Waals surface area contributed by atoms with Crippen molar-refractivity contribution in [3.63, 3.8) is 0 Å². The Morgan fingerprint density at radius 1 is 0.857 bits per heavy atom. The number of nitrogens with zero attached hydrogens (tertiary/aromatic N) is 4. The molecule has 0 amide bonds. The lowest BCUT2D eigenvalue weighted by molar-refractivity contribution is -0.671. The average molecular weight is 378 g/mol. The van der Waals surface area contributed by atoms with E-state index in [9.17, 15) is 0 Å². The summed E-state index contributed by atoms with van der Waals surface area (Å²) in [5.74, 6) is 0.813. The summed E-state index contributed by atoms with van der Waals surface area (Å²) in [7, 11) is 7.96. The second-order valence-electron chi connectivity index (χ2n) is 6.89. The summed E-state index contributed by atoms with van der Waals surface area (Å²) >= 11 is 0. The quantitative estimate of drug-likeness (QED) is 0.641. The molecule has 0 radical (unpaired) electrons. The van der Waals surface area contributed by atoms with E-state index in [1.165, 1.54) is 11.1 Å². The topological polar surface area (TPSA) is 47.3 Å². The molecule has 0 fully saturated rings. The Bertz CT molecular complexity index is 890. The highest BCUT2D eigenvalue weighted by Gasteiger charge is 2.25. The van der Waals surface area contributed by atoms with Gasteiger partial charge in [0.25, 0.3) is 0 Å². The number of nitrogens with one attached hydrogen (secondary N) is 2. The van der Waals surface area contributed by atoms with Crippen LogP contribution in [0.3, 0.4) is 0 Å². The normalized spacial score (nSPS) is 10.5. The molecule has 2 aromatic carbocycles. The minimum absolute atomic E-state index is 0.813. The third-order valence-corrected chi connectivity index (χ3v) is 4.88. The zero-order valence-electron chi connectivity index (χ0n) is 17.5. The molecular weight excluding hydrogens is 348 g/mol. The summed E-state index contributed by atoms with van der Waals surface area (Å²) < 4.78 is 2.05. The SMILES string of the molecule is CNc1cc(C)ccc1N(C)c1nccc[n+]1N(C)c1ccc(C)cc1NC. The van der Waals surface area contributed by atoms with Crippen LogP contribution in [-0.4, -0.2) is 33.2 Å². The zero-order chi connectivity index (χ0) is 20.3. The molecule has 0 aliphatic heterocycles. The molecule has 6 heteroatoms. The van der Waals surface area contributed by atoms with E-state index in [0.717, 1.165) is 28.7 Å². The number of hydrogen-bond acceptors (Lipinski definition) is 5. The van der Waals surface area contributed by atoms with Crippen LogP contribution in [0.1, 0.15) is 11.1 Å². The van der Waals surface area contributed by atoms with Gasteiger partial charge >= 0.3 is 5.95 Å². The van der Waals surface area contributed by atoms with Gasteiger partial charge in [-0.05, 0) is 49.2 Å². The standard InChI is InChI=1S/C22H29N6/c1-16-8-10-20(18(14-16)23-3)26(5)22-25-12-7-13-28(22)27(6)21-11-9-17(2)15-19(21)24-4/h7-15,23-24H,1-6H3/q+1. The highest BCUT2D eigenvalue weighted by atomic mass is 15.6. The smallest absolute Gasteiger partial charge is 0.386 e. The van der Waals surface area contributed by atoms with Crippen molar-refractivity contribution in [2.75, 3.05) is 48.7 Å². The minimum atomic E-state index is 0.813. The molecule has 2 N–H and O–H groups in total. The van der Waals surface area contributed by atoms with Crippen LogP contribution in [0.2, 0.25) is 0 Å². The fourth-order valence-corrected chi connectivity index (χ4v) is 3.33. The third-order valence-electron chi connectivity index (χ3n) is 4.88. The van der Waals surface area contributed by atoms with Crippen LogP contribution in [0.15, 0.2) is 54.9 Å². The summed E-state index contributed by atoms with van der Waals surface area (Å²) in [5, 5.41) is 8.68. The predicted octanol–water partition coefficient (Wildman–Crippen LogP) is 3.74. The van der Waals surface area contributed by atoms with Gasteiger partial charge in [-0.1, -0.05) is 17.1 Å². The minimum Gasteiger partial charge on any atom is -0.386 e. The Hall–Kier alpha value is -3.28. The molecule has 28 heavy (non-hydrogen) atoms. The molecule has 0 spiro atoms. The Morgan fingerprint density at radius 2 is 1.43 bits per heavy atom. The van der Waals surface area contributed by atoms with Gasteiger partial charge in [0, 0.05) is 27.2 Å². The number of rotatable bonds is 6. The van der Waals surface area contributed by atoms with Crippen molar-refractivity contribution in [2.45, 2.75) is 13.8 Å². The molecule has 146 valence electrons. The molecule has 1 aromatic heterocycles. The molecule has 3 rings (SSSR count). The van der Waals surface area contributed by atoms with Gasteiger partial charge in [-0.2, -0.15) is 0 Å². The van der Waals surface area contributed by atoms with Gasteiger partial charge in [0.15, 0.2) is 0 Å². The molecule has 6 nitrogen and oxygen atoms in total. The molecule has 1 heterocycles. The van der Waals surface area contributed by atoms with Gasteiger partial charge in [-0.3, -0.25) is 0 Å². The van der Waals surface area contributed by atoms with Gasteiger partial charge in [0.05, 0.1) is 30.3 Å². The van der Waals surface area contributed by atoms with Crippen molar-refractivity contribution in [1.82, 2.24) is 4.98 Å². The van der Waals surface area contributed by atoms with E-state index in [2.05, 4.69) is 75.8 Å². The number of hydrogen-bond donors (Lipinski definition) is 2. The highest BCUT2D eigenvalue weighted by Crippen LogP contribution is 2.30. The number of anilines is 5. The van der Waals surface area contributed by atoms with Gasteiger partial charge in [0.2, 0.25) is 0 Å². The highest BCUT2D eigenvalue weighted by molar-refractivity contribution is 5.74. The molecular formula is C22H29N6+. The predicted molar refractivity (Wildman–Crippen MR) is 118 cm³/mol. The van der Waals surface area contributed by atoms with Gasteiger partial charge in [-0.25, -0.2) is 9.91 Å². The second-order valence-corrected chi connectivity index (χ2v) is 6.89. The molecule has 0 atom stereocenters. The maximum atomic E-state index is 4.67. The van der Waals surface area contributed by atoms with Crippen molar-refractivity contribution < 1.29 is 4.68 Å². The van der Waals surface area contributed by atoms with E-state index in [-0.39, 0.29) is 0 Å². The lowest BCUT2D eigenvalue weighted by Crippen LogP contribution is -2.55. The molecule has 0 bridgehead atoms. The van der Waals surface area contributed by atoms with E-state index in [1.807, 2.05) is 51.3 Å². The second kappa shape index (κ2) is 8.17. The van der Waals surface area contributed by atoms with Crippen LogP contribution >= 0.6 is 0 Å².